The van der Waals surface area contributed by atoms with Crippen molar-refractivity contribution in [2.24, 2.45) is 5.92 Å². The molecule has 2 unspecified atom stereocenters. The maximum Gasteiger partial charge on any atom is 0.472 e. The number of aliphatic hydroxyl groups is 1. The molecule has 0 aromatic heterocycles. The van der Waals surface area contributed by atoms with E-state index in [1.165, 1.54) is 250 Å². The van der Waals surface area contributed by atoms with E-state index in [0.29, 0.717) is 25.7 Å². The molecule has 0 aromatic carbocycles. The lowest BCUT2D eigenvalue weighted by molar-refractivity contribution is -0.161. The number of aliphatic hydroxyl groups excluding tert-OH is 1. The molecule has 0 saturated carbocycles. The smallest absolute Gasteiger partial charge is 0.462 e. The number of phosphoric acid groups is 2. The van der Waals surface area contributed by atoms with Crippen LogP contribution in [0, 0.1) is 5.92 Å². The summed E-state index contributed by atoms with van der Waals surface area (Å²) in [5, 5.41) is 10.6. The molecule has 0 rings (SSSR count). The number of carbonyl (C=O) groups excluding carboxylic acids is 4. The Morgan fingerprint density at radius 2 is 0.460 bits per heavy atom. The number of phosphoric ester groups is 2. The number of hydrogen-bond acceptors (Lipinski definition) is 15. The first-order valence-electron chi connectivity index (χ1n) is 42.1. The minimum absolute atomic E-state index is 0.106. The standard InChI is InChI=1S/C81H158O17P2/c1-6-9-12-15-17-19-21-23-25-27-29-31-33-35-37-42-46-50-55-60-65-79(84)92-71-77(98-81(86)67-61-56-51-47-43-38-36-34-32-30-28-26-24-22-20-18-16-13-10-7-2)73-96-100(89,90)94-69-75(82)68-93-99(87,88)95-72-76(70-91-78(83)64-59-53-14-11-8-3)97-80(85)66-62-57-52-48-44-40-39-41-45-49-54-58-63-74(4)5/h74-77,82H,6-73H2,1-5H3,(H,87,88)(H,89,90)/t75-,76+,77+/m0/s1. The van der Waals surface area contributed by atoms with Crippen LogP contribution in [0.25, 0.3) is 0 Å². The average molecular weight is 1470 g/mol. The molecule has 100 heavy (non-hydrogen) atoms. The number of ether oxygens (including phenoxy) is 4. The van der Waals surface area contributed by atoms with Gasteiger partial charge >= 0.3 is 39.5 Å². The highest BCUT2D eigenvalue weighted by molar-refractivity contribution is 7.47. The third-order valence-electron chi connectivity index (χ3n) is 19.0. The van der Waals surface area contributed by atoms with Gasteiger partial charge in [0.1, 0.15) is 19.3 Å². The molecular formula is C81H158O17P2. The van der Waals surface area contributed by atoms with E-state index in [9.17, 15) is 43.2 Å². The van der Waals surface area contributed by atoms with Crippen LogP contribution in [0.2, 0.25) is 0 Å². The predicted octanol–water partition coefficient (Wildman–Crippen LogP) is 24.4. The second-order valence-electron chi connectivity index (χ2n) is 29.6. The van der Waals surface area contributed by atoms with Crippen LogP contribution in [0.4, 0.5) is 0 Å². The first kappa shape index (κ1) is 98.1. The van der Waals surface area contributed by atoms with Gasteiger partial charge in [0, 0.05) is 25.7 Å². The number of hydrogen-bond donors (Lipinski definition) is 3. The average Bonchev–Trinajstić information content (AvgIpc) is 0.935. The van der Waals surface area contributed by atoms with Crippen molar-refractivity contribution in [1.29, 1.82) is 0 Å². The molecule has 0 bridgehead atoms. The van der Waals surface area contributed by atoms with Crippen LogP contribution in [0.3, 0.4) is 0 Å². The lowest BCUT2D eigenvalue weighted by Gasteiger charge is -2.21. The highest BCUT2D eigenvalue weighted by Crippen LogP contribution is 2.45. The molecule has 3 N–H and O–H groups in total. The molecule has 0 fully saturated rings. The maximum atomic E-state index is 13.1. The Labute approximate surface area is 613 Å². The third kappa shape index (κ3) is 74.3. The van der Waals surface area contributed by atoms with Crippen LogP contribution >= 0.6 is 15.6 Å². The molecule has 0 aliphatic heterocycles. The van der Waals surface area contributed by atoms with Gasteiger partial charge in [0.15, 0.2) is 12.2 Å². The van der Waals surface area contributed by atoms with Crippen molar-refractivity contribution < 1.29 is 80.2 Å². The van der Waals surface area contributed by atoms with Gasteiger partial charge in [-0.3, -0.25) is 37.3 Å². The fourth-order valence-corrected chi connectivity index (χ4v) is 14.2. The zero-order valence-corrected chi connectivity index (χ0v) is 67.1. The molecule has 0 heterocycles. The summed E-state index contributed by atoms with van der Waals surface area (Å²) >= 11 is 0. The van der Waals surface area contributed by atoms with E-state index >= 15 is 0 Å². The molecule has 0 aliphatic rings. The summed E-state index contributed by atoms with van der Waals surface area (Å²) in [7, 11) is -9.91. The van der Waals surface area contributed by atoms with E-state index in [2.05, 4.69) is 34.6 Å². The van der Waals surface area contributed by atoms with Crippen LogP contribution in [0.5, 0.6) is 0 Å². The highest BCUT2D eigenvalue weighted by atomic mass is 31.2. The minimum atomic E-state index is -4.96. The summed E-state index contributed by atoms with van der Waals surface area (Å²) in [6.45, 7) is 7.24. The molecule has 5 atom stereocenters. The molecule has 0 spiro atoms. The van der Waals surface area contributed by atoms with Crippen LogP contribution in [0.15, 0.2) is 0 Å². The Balaban J connectivity index is 5.11. The SMILES string of the molecule is CCCCCCCCCCCCCCCCCCCCCCC(=O)OC[C@H](COP(=O)(O)OC[C@@H](O)COP(=O)(O)OC[C@@H](COC(=O)CCCCCCC)OC(=O)CCCCCCCCCCCCCCC(C)C)OC(=O)CCCCCCCCCCCCCCCCCCCCCC. The van der Waals surface area contributed by atoms with E-state index < -0.39 is 97.5 Å². The lowest BCUT2D eigenvalue weighted by Crippen LogP contribution is -2.30. The molecular weight excluding hydrogens is 1310 g/mol. The quantitative estimate of drug-likeness (QED) is 0.0222. The van der Waals surface area contributed by atoms with Crippen molar-refractivity contribution >= 4 is 39.5 Å². The summed E-state index contributed by atoms with van der Waals surface area (Å²) in [5.41, 5.74) is 0. The van der Waals surface area contributed by atoms with Gasteiger partial charge < -0.3 is 33.8 Å². The third-order valence-corrected chi connectivity index (χ3v) is 20.9. The first-order chi connectivity index (χ1) is 48.5. The zero-order valence-electron chi connectivity index (χ0n) is 65.3. The number of rotatable bonds is 81. The van der Waals surface area contributed by atoms with Gasteiger partial charge in [0.25, 0.3) is 0 Å². The maximum absolute atomic E-state index is 13.1. The van der Waals surface area contributed by atoms with E-state index in [-0.39, 0.29) is 25.7 Å². The monoisotopic (exact) mass is 1470 g/mol. The fraction of sp³-hybridized carbons (Fsp3) is 0.951. The Morgan fingerprint density at radius 1 is 0.270 bits per heavy atom. The molecule has 0 saturated heterocycles. The van der Waals surface area contributed by atoms with Crippen molar-refractivity contribution in [3.05, 3.63) is 0 Å². The summed E-state index contributed by atoms with van der Waals surface area (Å²) in [6, 6.07) is 0. The minimum Gasteiger partial charge on any atom is -0.462 e. The van der Waals surface area contributed by atoms with Crippen molar-refractivity contribution in [1.82, 2.24) is 0 Å². The van der Waals surface area contributed by atoms with E-state index in [0.717, 1.165) is 102 Å². The van der Waals surface area contributed by atoms with Gasteiger partial charge in [-0.1, -0.05) is 381 Å². The predicted molar refractivity (Wildman–Crippen MR) is 409 cm³/mol. The molecule has 19 heteroatoms. The van der Waals surface area contributed by atoms with Crippen molar-refractivity contribution in [2.45, 2.75) is 451 Å². The highest BCUT2D eigenvalue weighted by Gasteiger charge is 2.30. The normalized spacial score (nSPS) is 13.8. The molecule has 0 aliphatic carbocycles. The largest absolute Gasteiger partial charge is 0.472 e. The van der Waals surface area contributed by atoms with Crippen molar-refractivity contribution in [3.8, 4) is 0 Å². The van der Waals surface area contributed by atoms with Gasteiger partial charge in [0.05, 0.1) is 26.4 Å². The van der Waals surface area contributed by atoms with Crippen molar-refractivity contribution in [3.63, 3.8) is 0 Å². The fourth-order valence-electron chi connectivity index (χ4n) is 12.6. The topological polar surface area (TPSA) is 237 Å². The van der Waals surface area contributed by atoms with Gasteiger partial charge in [-0.25, -0.2) is 9.13 Å². The number of carbonyl (C=O) groups is 4. The van der Waals surface area contributed by atoms with Gasteiger partial charge in [-0.05, 0) is 31.6 Å². The number of esters is 4. The second-order valence-corrected chi connectivity index (χ2v) is 32.5. The molecule has 594 valence electrons. The lowest BCUT2D eigenvalue weighted by atomic mass is 10.0. The Bertz CT molecular complexity index is 1910. The van der Waals surface area contributed by atoms with E-state index in [4.69, 9.17) is 37.0 Å². The summed E-state index contributed by atoms with van der Waals surface area (Å²) in [5.74, 6) is -1.34. The summed E-state index contributed by atoms with van der Waals surface area (Å²) in [6.07, 6.45) is 65.8. The van der Waals surface area contributed by atoms with Crippen LogP contribution in [-0.4, -0.2) is 96.7 Å². The zero-order chi connectivity index (χ0) is 73.4. The van der Waals surface area contributed by atoms with Gasteiger partial charge in [-0.15, -0.1) is 0 Å². The second kappa shape index (κ2) is 73.9. The summed E-state index contributed by atoms with van der Waals surface area (Å²) in [4.78, 5) is 72.7. The molecule has 0 radical (unpaired) electrons. The summed E-state index contributed by atoms with van der Waals surface area (Å²) < 4.78 is 68.5. The van der Waals surface area contributed by atoms with Gasteiger partial charge in [-0.2, -0.15) is 0 Å². The Morgan fingerprint density at radius 3 is 0.680 bits per heavy atom. The molecule has 0 amide bonds. The Kier molecular flexibility index (Phi) is 72.5. The molecule has 17 nitrogen and oxygen atoms in total. The van der Waals surface area contributed by atoms with E-state index in [1.54, 1.807) is 0 Å². The first-order valence-corrected chi connectivity index (χ1v) is 45.1. The van der Waals surface area contributed by atoms with Crippen molar-refractivity contribution in [2.75, 3.05) is 39.6 Å². The van der Waals surface area contributed by atoms with Crippen LogP contribution in [-0.2, 0) is 65.4 Å². The van der Waals surface area contributed by atoms with Crippen LogP contribution in [0.1, 0.15) is 433 Å². The van der Waals surface area contributed by atoms with E-state index in [1.807, 2.05) is 0 Å². The van der Waals surface area contributed by atoms with Crippen LogP contribution < -0.4 is 0 Å². The Hall–Kier alpha value is -1.94. The molecule has 0 aromatic rings. The number of unbranched alkanes of at least 4 members (excludes halogenated alkanes) is 53. The van der Waals surface area contributed by atoms with Gasteiger partial charge in [0.2, 0.25) is 0 Å².